The van der Waals surface area contributed by atoms with Crippen LogP contribution in [0, 0.1) is 0 Å². The van der Waals surface area contributed by atoms with Crippen molar-refractivity contribution >= 4 is 0 Å². The van der Waals surface area contributed by atoms with E-state index in [0.717, 1.165) is 17.8 Å². The van der Waals surface area contributed by atoms with E-state index in [0.29, 0.717) is 6.54 Å². The van der Waals surface area contributed by atoms with E-state index >= 15 is 0 Å². The van der Waals surface area contributed by atoms with Gasteiger partial charge < -0.3 is 10.2 Å². The van der Waals surface area contributed by atoms with Crippen LogP contribution in [0.4, 0.5) is 0 Å². The quantitative estimate of drug-likeness (QED) is 0.638. The lowest BCUT2D eigenvalue weighted by atomic mass is 10.2. The molecule has 0 atom stereocenters. The van der Waals surface area contributed by atoms with Crippen molar-refractivity contribution in [2.75, 3.05) is 6.54 Å². The van der Waals surface area contributed by atoms with Crippen LogP contribution in [0.15, 0.2) is 35.0 Å². The fraction of sp³-hybridized carbons (Fsp3) is 0.250. The molecule has 0 saturated carbocycles. The Labute approximate surface area is 60.3 Å². The first-order valence-corrected chi connectivity index (χ1v) is 3.22. The normalized spacial score (nSPS) is 9.70. The smallest absolute Gasteiger partial charge is 0.107 e. The molecule has 2 nitrogen and oxygen atoms in total. The van der Waals surface area contributed by atoms with Gasteiger partial charge in [-0.1, -0.05) is 12.2 Å². The van der Waals surface area contributed by atoms with Crippen molar-refractivity contribution in [3.05, 3.63) is 36.3 Å². The molecular weight excluding hydrogens is 126 g/mol. The predicted molar refractivity (Wildman–Crippen MR) is 40.6 cm³/mol. The van der Waals surface area contributed by atoms with Gasteiger partial charge in [0, 0.05) is 13.0 Å². The largest absolute Gasteiger partial charge is 0.469 e. The topological polar surface area (TPSA) is 39.2 Å². The summed E-state index contributed by atoms with van der Waals surface area (Å²) in [5.41, 5.74) is 6.34. The first kappa shape index (κ1) is 7.09. The lowest BCUT2D eigenvalue weighted by Gasteiger charge is -1.96. The molecule has 2 N–H and O–H groups in total. The molecule has 0 aliphatic carbocycles. The van der Waals surface area contributed by atoms with Crippen LogP contribution >= 0.6 is 0 Å². The van der Waals surface area contributed by atoms with E-state index in [9.17, 15) is 0 Å². The minimum Gasteiger partial charge on any atom is -0.469 e. The van der Waals surface area contributed by atoms with Gasteiger partial charge in [0.1, 0.15) is 5.76 Å². The highest BCUT2D eigenvalue weighted by Gasteiger charge is 1.96. The number of hydrogen-bond donors (Lipinski definition) is 1. The maximum atomic E-state index is 5.35. The van der Waals surface area contributed by atoms with Gasteiger partial charge in [-0.3, -0.25) is 0 Å². The molecule has 0 spiro atoms. The van der Waals surface area contributed by atoms with Gasteiger partial charge in [0.15, 0.2) is 0 Å². The Morgan fingerprint density at radius 1 is 1.70 bits per heavy atom. The van der Waals surface area contributed by atoms with Gasteiger partial charge in [0.25, 0.3) is 0 Å². The van der Waals surface area contributed by atoms with Crippen molar-refractivity contribution in [3.8, 4) is 0 Å². The van der Waals surface area contributed by atoms with Crippen molar-refractivity contribution < 1.29 is 4.42 Å². The van der Waals surface area contributed by atoms with Crippen molar-refractivity contribution in [3.63, 3.8) is 0 Å². The van der Waals surface area contributed by atoms with E-state index in [-0.39, 0.29) is 0 Å². The second-order valence-corrected chi connectivity index (χ2v) is 2.21. The molecule has 1 aromatic rings. The van der Waals surface area contributed by atoms with Crippen LogP contribution in [-0.2, 0) is 6.42 Å². The molecular formula is C8H11NO. The van der Waals surface area contributed by atoms with Crippen molar-refractivity contribution in [2.24, 2.45) is 5.73 Å². The monoisotopic (exact) mass is 137 g/mol. The SMILES string of the molecule is C=C(CN)Cc1ccco1. The van der Waals surface area contributed by atoms with E-state index in [1.165, 1.54) is 0 Å². The molecule has 0 saturated heterocycles. The summed E-state index contributed by atoms with van der Waals surface area (Å²) in [6.07, 6.45) is 2.41. The summed E-state index contributed by atoms with van der Waals surface area (Å²) in [5, 5.41) is 0. The molecule has 0 amide bonds. The third kappa shape index (κ3) is 1.74. The zero-order chi connectivity index (χ0) is 7.40. The Morgan fingerprint density at radius 3 is 3.00 bits per heavy atom. The number of furan rings is 1. The van der Waals surface area contributed by atoms with E-state index < -0.39 is 0 Å². The fourth-order valence-corrected chi connectivity index (χ4v) is 0.732. The fourth-order valence-electron chi connectivity index (χ4n) is 0.732. The van der Waals surface area contributed by atoms with Gasteiger partial charge in [-0.25, -0.2) is 0 Å². The van der Waals surface area contributed by atoms with Crippen LogP contribution in [0.2, 0.25) is 0 Å². The number of nitrogens with two attached hydrogens (primary N) is 1. The van der Waals surface area contributed by atoms with Crippen LogP contribution in [-0.4, -0.2) is 6.54 Å². The zero-order valence-corrected chi connectivity index (χ0v) is 5.84. The Kier molecular flexibility index (Phi) is 2.29. The minimum absolute atomic E-state index is 0.528. The van der Waals surface area contributed by atoms with E-state index in [1.54, 1.807) is 6.26 Å². The van der Waals surface area contributed by atoms with Crippen LogP contribution < -0.4 is 5.73 Å². The van der Waals surface area contributed by atoms with Gasteiger partial charge in [-0.15, -0.1) is 0 Å². The number of rotatable bonds is 3. The Bertz CT molecular complexity index is 201. The third-order valence-corrected chi connectivity index (χ3v) is 1.29. The van der Waals surface area contributed by atoms with Gasteiger partial charge >= 0.3 is 0 Å². The average molecular weight is 137 g/mol. The minimum atomic E-state index is 0.528. The number of hydrogen-bond acceptors (Lipinski definition) is 2. The predicted octanol–water partition coefficient (Wildman–Crippen LogP) is 1.34. The van der Waals surface area contributed by atoms with Crippen LogP contribution in [0.25, 0.3) is 0 Å². The van der Waals surface area contributed by atoms with E-state index in [4.69, 9.17) is 10.2 Å². The Balaban J connectivity index is 2.48. The summed E-state index contributed by atoms with van der Waals surface area (Å²) < 4.78 is 5.09. The maximum Gasteiger partial charge on any atom is 0.107 e. The Hall–Kier alpha value is -1.02. The summed E-state index contributed by atoms with van der Waals surface area (Å²) in [6, 6.07) is 3.78. The highest BCUT2D eigenvalue weighted by molar-refractivity contribution is 5.10. The molecule has 0 aliphatic rings. The molecule has 54 valence electrons. The summed E-state index contributed by atoms with van der Waals surface area (Å²) in [7, 11) is 0. The highest BCUT2D eigenvalue weighted by atomic mass is 16.3. The molecule has 0 aliphatic heterocycles. The molecule has 10 heavy (non-hydrogen) atoms. The average Bonchev–Trinajstić information content (AvgIpc) is 2.40. The van der Waals surface area contributed by atoms with E-state index in [2.05, 4.69) is 6.58 Å². The molecule has 0 radical (unpaired) electrons. The van der Waals surface area contributed by atoms with Gasteiger partial charge in [-0.2, -0.15) is 0 Å². The molecule has 0 unspecified atom stereocenters. The standard InChI is InChI=1S/C8H11NO/c1-7(6-9)5-8-3-2-4-10-8/h2-4H,1,5-6,9H2. The van der Waals surface area contributed by atoms with Crippen molar-refractivity contribution in [1.29, 1.82) is 0 Å². The van der Waals surface area contributed by atoms with Gasteiger partial charge in [-0.05, 0) is 12.1 Å². The van der Waals surface area contributed by atoms with Crippen LogP contribution in [0.3, 0.4) is 0 Å². The second kappa shape index (κ2) is 3.22. The second-order valence-electron chi connectivity index (χ2n) is 2.21. The summed E-state index contributed by atoms with van der Waals surface area (Å²) >= 11 is 0. The lowest BCUT2D eigenvalue weighted by Crippen LogP contribution is -2.03. The summed E-state index contributed by atoms with van der Waals surface area (Å²) in [6.45, 7) is 4.29. The first-order chi connectivity index (χ1) is 4.83. The van der Waals surface area contributed by atoms with Gasteiger partial charge in [0.2, 0.25) is 0 Å². The Morgan fingerprint density at radius 2 is 2.50 bits per heavy atom. The molecule has 1 aromatic heterocycles. The highest BCUT2D eigenvalue weighted by Crippen LogP contribution is 2.05. The molecule has 2 heteroatoms. The molecule has 0 aromatic carbocycles. The lowest BCUT2D eigenvalue weighted by molar-refractivity contribution is 0.519. The van der Waals surface area contributed by atoms with Crippen LogP contribution in [0.5, 0.6) is 0 Å². The van der Waals surface area contributed by atoms with Crippen LogP contribution in [0.1, 0.15) is 5.76 Å². The van der Waals surface area contributed by atoms with Gasteiger partial charge in [0.05, 0.1) is 6.26 Å². The molecule has 0 bridgehead atoms. The molecule has 1 rings (SSSR count). The van der Waals surface area contributed by atoms with Crippen molar-refractivity contribution in [2.45, 2.75) is 6.42 Å². The van der Waals surface area contributed by atoms with Crippen molar-refractivity contribution in [1.82, 2.24) is 0 Å². The summed E-state index contributed by atoms with van der Waals surface area (Å²) in [4.78, 5) is 0. The third-order valence-electron chi connectivity index (χ3n) is 1.29. The summed E-state index contributed by atoms with van der Waals surface area (Å²) in [5.74, 6) is 0.926. The zero-order valence-electron chi connectivity index (χ0n) is 5.84. The molecule has 0 fully saturated rings. The molecule has 1 heterocycles. The first-order valence-electron chi connectivity index (χ1n) is 3.22. The van der Waals surface area contributed by atoms with E-state index in [1.807, 2.05) is 12.1 Å². The maximum absolute atomic E-state index is 5.35.